The molecule has 0 saturated carbocycles. The molecule has 0 aliphatic carbocycles. The Morgan fingerprint density at radius 2 is 1.76 bits per heavy atom. The summed E-state index contributed by atoms with van der Waals surface area (Å²) >= 11 is 0. The van der Waals surface area contributed by atoms with Crippen LogP contribution in [0.25, 0.3) is 0 Å². The van der Waals surface area contributed by atoms with Crippen molar-refractivity contribution in [2.75, 3.05) is 38.5 Å². The average Bonchev–Trinajstić information content (AvgIpc) is 2.53. The van der Waals surface area contributed by atoms with Gasteiger partial charge in [0.05, 0.1) is 10.8 Å². The van der Waals surface area contributed by atoms with Crippen molar-refractivity contribution in [3.63, 3.8) is 0 Å². The summed E-state index contributed by atoms with van der Waals surface area (Å²) in [5.41, 5.74) is 0. The number of piperazine rings is 1. The first-order valence-electron chi connectivity index (χ1n) is 7.52. The molecule has 1 saturated heterocycles. The second-order valence-electron chi connectivity index (χ2n) is 5.68. The van der Waals surface area contributed by atoms with E-state index in [9.17, 15) is 9.00 Å². The quantitative estimate of drug-likeness (QED) is 0.829. The van der Waals surface area contributed by atoms with E-state index in [0.29, 0.717) is 5.75 Å². The molecule has 1 aromatic rings. The van der Waals surface area contributed by atoms with Gasteiger partial charge in [0.25, 0.3) is 0 Å². The van der Waals surface area contributed by atoms with Crippen LogP contribution in [0, 0.1) is 5.92 Å². The molecule has 1 fully saturated rings. The predicted molar refractivity (Wildman–Crippen MR) is 85.6 cm³/mol. The highest BCUT2D eigenvalue weighted by molar-refractivity contribution is 7.85. The van der Waals surface area contributed by atoms with Crippen molar-refractivity contribution in [2.45, 2.75) is 18.7 Å². The molecule has 1 heterocycles. The van der Waals surface area contributed by atoms with Crippen molar-refractivity contribution in [3.05, 3.63) is 30.3 Å². The molecule has 4 nitrogen and oxygen atoms in total. The van der Waals surface area contributed by atoms with Gasteiger partial charge in [-0.05, 0) is 12.1 Å². The molecule has 21 heavy (non-hydrogen) atoms. The van der Waals surface area contributed by atoms with Crippen LogP contribution in [0.15, 0.2) is 35.2 Å². The van der Waals surface area contributed by atoms with Crippen LogP contribution < -0.4 is 0 Å². The van der Waals surface area contributed by atoms with Gasteiger partial charge in [-0.1, -0.05) is 32.0 Å². The largest absolute Gasteiger partial charge is 0.340 e. The van der Waals surface area contributed by atoms with Crippen molar-refractivity contribution in [1.82, 2.24) is 9.80 Å². The van der Waals surface area contributed by atoms with E-state index in [0.717, 1.165) is 37.6 Å². The van der Waals surface area contributed by atoms with E-state index in [4.69, 9.17) is 0 Å². The summed E-state index contributed by atoms with van der Waals surface area (Å²) in [6.45, 7) is 8.04. The van der Waals surface area contributed by atoms with Gasteiger partial charge in [0.2, 0.25) is 5.91 Å². The Morgan fingerprint density at radius 1 is 1.14 bits per heavy atom. The number of benzene rings is 1. The summed E-state index contributed by atoms with van der Waals surface area (Å²) in [6.07, 6.45) is 0. The van der Waals surface area contributed by atoms with E-state index in [1.807, 2.05) is 49.1 Å². The molecule has 116 valence electrons. The smallest absolute Gasteiger partial charge is 0.225 e. The van der Waals surface area contributed by atoms with Gasteiger partial charge in [-0.15, -0.1) is 0 Å². The lowest BCUT2D eigenvalue weighted by Crippen LogP contribution is -2.50. The van der Waals surface area contributed by atoms with Crippen LogP contribution in [0.3, 0.4) is 0 Å². The zero-order chi connectivity index (χ0) is 15.2. The lowest BCUT2D eigenvalue weighted by molar-refractivity contribution is -0.136. The molecule has 0 radical (unpaired) electrons. The summed E-state index contributed by atoms with van der Waals surface area (Å²) in [5, 5.41) is 0. The minimum Gasteiger partial charge on any atom is -0.340 e. The molecule has 0 N–H and O–H groups in total. The van der Waals surface area contributed by atoms with Crippen LogP contribution in [-0.2, 0) is 15.6 Å². The Morgan fingerprint density at radius 3 is 2.33 bits per heavy atom. The maximum atomic E-state index is 12.2. The highest BCUT2D eigenvalue weighted by atomic mass is 32.2. The Balaban J connectivity index is 1.74. The van der Waals surface area contributed by atoms with E-state index < -0.39 is 10.8 Å². The Labute approximate surface area is 129 Å². The number of amides is 1. The molecule has 0 aromatic heterocycles. The van der Waals surface area contributed by atoms with E-state index in [2.05, 4.69) is 4.90 Å². The lowest BCUT2D eigenvalue weighted by Gasteiger charge is -2.35. The van der Waals surface area contributed by atoms with Gasteiger partial charge >= 0.3 is 0 Å². The minimum absolute atomic E-state index is 0.0714. The molecule has 1 atom stereocenters. The van der Waals surface area contributed by atoms with Gasteiger partial charge in [-0.2, -0.15) is 0 Å². The van der Waals surface area contributed by atoms with Crippen molar-refractivity contribution in [1.29, 1.82) is 0 Å². The standard InChI is InChI=1S/C16H24N2O2S/c1-14(2)16(19)18-10-8-17(9-11-18)12-13-21(20)15-6-4-3-5-7-15/h3-7,14H,8-13H2,1-2H3. The number of carbonyl (C=O) groups is 1. The fourth-order valence-electron chi connectivity index (χ4n) is 2.46. The van der Waals surface area contributed by atoms with Gasteiger partial charge < -0.3 is 4.90 Å². The molecule has 0 spiro atoms. The van der Waals surface area contributed by atoms with Gasteiger partial charge in [0.15, 0.2) is 0 Å². The van der Waals surface area contributed by atoms with Gasteiger partial charge in [-0.25, -0.2) is 0 Å². The summed E-state index contributed by atoms with van der Waals surface area (Å²) in [6, 6.07) is 9.60. The third-order valence-corrected chi connectivity index (χ3v) is 5.13. The number of carbonyl (C=O) groups excluding carboxylic acids is 1. The van der Waals surface area contributed by atoms with Crippen molar-refractivity contribution in [2.24, 2.45) is 5.92 Å². The Kier molecular flexibility index (Phi) is 5.94. The lowest BCUT2D eigenvalue weighted by atomic mass is 10.1. The van der Waals surface area contributed by atoms with Crippen LogP contribution in [0.4, 0.5) is 0 Å². The number of rotatable bonds is 5. The van der Waals surface area contributed by atoms with E-state index >= 15 is 0 Å². The van der Waals surface area contributed by atoms with Crippen LogP contribution in [0.1, 0.15) is 13.8 Å². The average molecular weight is 308 g/mol. The molecule has 5 heteroatoms. The SMILES string of the molecule is CC(C)C(=O)N1CCN(CCS(=O)c2ccccc2)CC1. The monoisotopic (exact) mass is 308 g/mol. The highest BCUT2D eigenvalue weighted by Crippen LogP contribution is 2.09. The van der Waals surface area contributed by atoms with Crippen molar-refractivity contribution < 1.29 is 9.00 Å². The van der Waals surface area contributed by atoms with Crippen LogP contribution in [-0.4, -0.2) is 58.4 Å². The second kappa shape index (κ2) is 7.71. The zero-order valence-corrected chi connectivity index (χ0v) is 13.6. The maximum Gasteiger partial charge on any atom is 0.225 e. The fraction of sp³-hybridized carbons (Fsp3) is 0.562. The summed E-state index contributed by atoms with van der Waals surface area (Å²) < 4.78 is 12.2. The third-order valence-electron chi connectivity index (χ3n) is 3.78. The minimum atomic E-state index is -0.932. The first kappa shape index (κ1) is 16.2. The first-order chi connectivity index (χ1) is 10.1. The molecule has 1 amide bonds. The van der Waals surface area contributed by atoms with Crippen LogP contribution >= 0.6 is 0 Å². The van der Waals surface area contributed by atoms with Crippen molar-refractivity contribution in [3.8, 4) is 0 Å². The molecule has 0 bridgehead atoms. The fourth-order valence-corrected chi connectivity index (χ4v) is 3.58. The number of hydrogen-bond acceptors (Lipinski definition) is 3. The normalized spacial score (nSPS) is 18.0. The topological polar surface area (TPSA) is 40.6 Å². The molecule has 1 aliphatic heterocycles. The van der Waals surface area contributed by atoms with Crippen LogP contribution in [0.2, 0.25) is 0 Å². The summed E-state index contributed by atoms with van der Waals surface area (Å²) in [7, 11) is -0.932. The molecule has 1 aliphatic rings. The van der Waals surface area contributed by atoms with E-state index in [-0.39, 0.29) is 11.8 Å². The molecule has 2 rings (SSSR count). The van der Waals surface area contributed by atoms with Crippen LogP contribution in [0.5, 0.6) is 0 Å². The summed E-state index contributed by atoms with van der Waals surface area (Å²) in [4.78, 5) is 17.0. The zero-order valence-electron chi connectivity index (χ0n) is 12.8. The van der Waals surface area contributed by atoms with Gasteiger partial charge in [0.1, 0.15) is 0 Å². The predicted octanol–water partition coefficient (Wildman–Crippen LogP) is 1.59. The Hall–Kier alpha value is -1.20. The maximum absolute atomic E-state index is 12.2. The number of nitrogens with zero attached hydrogens (tertiary/aromatic N) is 2. The van der Waals surface area contributed by atoms with E-state index in [1.54, 1.807) is 0 Å². The van der Waals surface area contributed by atoms with Gasteiger partial charge in [0, 0.05) is 49.3 Å². The first-order valence-corrected chi connectivity index (χ1v) is 8.84. The molecule has 1 unspecified atom stereocenters. The third kappa shape index (κ3) is 4.64. The van der Waals surface area contributed by atoms with Gasteiger partial charge in [-0.3, -0.25) is 13.9 Å². The second-order valence-corrected chi connectivity index (χ2v) is 7.26. The highest BCUT2D eigenvalue weighted by Gasteiger charge is 2.22. The molecular formula is C16H24N2O2S. The Bertz CT molecular complexity index is 482. The van der Waals surface area contributed by atoms with Crippen molar-refractivity contribution >= 4 is 16.7 Å². The van der Waals surface area contributed by atoms with E-state index in [1.165, 1.54) is 0 Å². The summed E-state index contributed by atoms with van der Waals surface area (Å²) in [5.74, 6) is 0.965. The molecular weight excluding hydrogens is 284 g/mol. The molecule has 1 aromatic carbocycles. The number of hydrogen-bond donors (Lipinski definition) is 0.